The van der Waals surface area contributed by atoms with Crippen molar-refractivity contribution in [1.29, 1.82) is 0 Å². The maximum absolute atomic E-state index is 13.3. The zero-order valence-electron chi connectivity index (χ0n) is 14.8. The van der Waals surface area contributed by atoms with E-state index in [0.29, 0.717) is 9.90 Å². The van der Waals surface area contributed by atoms with Gasteiger partial charge in [-0.05, 0) is 32.3 Å². The van der Waals surface area contributed by atoms with Crippen molar-refractivity contribution >= 4 is 44.6 Å². The van der Waals surface area contributed by atoms with Crippen molar-refractivity contribution in [1.82, 2.24) is 4.90 Å². The monoisotopic (exact) mass is 408 g/mol. The molecule has 0 saturated carbocycles. The molecular weight excluding hydrogens is 387 g/mol. The van der Waals surface area contributed by atoms with Crippen LogP contribution in [0.25, 0.3) is 10.1 Å². The van der Waals surface area contributed by atoms with Gasteiger partial charge < -0.3 is 17.3 Å². The van der Waals surface area contributed by atoms with E-state index in [0.717, 1.165) is 40.2 Å². The number of hydrogen-bond donors (Lipinski definition) is 1. The summed E-state index contributed by atoms with van der Waals surface area (Å²) in [5.74, 6) is 0.0520. The Labute approximate surface area is 169 Å². The molecule has 1 heterocycles. The molecule has 26 heavy (non-hydrogen) atoms. The van der Waals surface area contributed by atoms with Gasteiger partial charge in [0, 0.05) is 23.1 Å². The van der Waals surface area contributed by atoms with Gasteiger partial charge in [-0.15, -0.1) is 11.3 Å². The fraction of sp³-hybridized carbons (Fsp3) is 0.250. The third-order valence-electron chi connectivity index (χ3n) is 4.17. The minimum atomic E-state index is 0. The van der Waals surface area contributed by atoms with Crippen molar-refractivity contribution in [2.75, 3.05) is 27.2 Å². The lowest BCUT2D eigenvalue weighted by molar-refractivity contribution is -0.741. The molecule has 3 aromatic rings. The standard InChI is InChI=1S/C20H21ClN2OS.ClH/c1-22(2)13-8-14-23(15-9-4-3-5-10-15)20(24)19-18(21)16-11-6-7-12-17(16)25-19;/h3-7,9-12H,8,13-14H2,1-2H3;1H. The Bertz CT molecular complexity index is 865. The molecule has 0 saturated heterocycles. The first kappa shape index (κ1) is 20.9. The molecule has 1 aromatic heterocycles. The summed E-state index contributed by atoms with van der Waals surface area (Å²) in [6.45, 7) is 1.69. The van der Waals surface area contributed by atoms with Crippen LogP contribution in [0.15, 0.2) is 54.6 Å². The number of quaternary nitrogens is 1. The number of nitrogens with zero attached hydrogens (tertiary/aromatic N) is 1. The minimum absolute atomic E-state index is 0. The molecule has 1 N–H and O–H groups in total. The van der Waals surface area contributed by atoms with E-state index in [9.17, 15) is 4.79 Å². The molecule has 2 aromatic carbocycles. The predicted octanol–water partition coefficient (Wildman–Crippen LogP) is 0.867. The molecule has 138 valence electrons. The Morgan fingerprint density at radius 1 is 1.08 bits per heavy atom. The summed E-state index contributed by atoms with van der Waals surface area (Å²) in [5.41, 5.74) is 0.986. The van der Waals surface area contributed by atoms with E-state index in [-0.39, 0.29) is 18.3 Å². The zero-order chi connectivity index (χ0) is 17.8. The Balaban J connectivity index is 0.00000243. The lowest BCUT2D eigenvalue weighted by atomic mass is 10.2. The third-order valence-corrected chi connectivity index (χ3v) is 5.84. The SMILES string of the molecule is CN(C)CCC[NH+](C(=O)c1sc2ccccc2c1Cl)c1ccccc1.[Cl-]. The lowest BCUT2D eigenvalue weighted by Crippen LogP contribution is -3.10. The maximum atomic E-state index is 13.3. The topological polar surface area (TPSA) is 24.8 Å². The van der Waals surface area contributed by atoms with Crippen LogP contribution in [0.1, 0.15) is 16.1 Å². The molecule has 1 atom stereocenters. The Kier molecular flexibility index (Phi) is 7.62. The molecule has 3 rings (SSSR count). The van der Waals surface area contributed by atoms with Gasteiger partial charge in [0.15, 0.2) is 4.88 Å². The fourth-order valence-electron chi connectivity index (χ4n) is 2.90. The van der Waals surface area contributed by atoms with Crippen LogP contribution in [0.4, 0.5) is 5.69 Å². The molecule has 0 bridgehead atoms. The number of para-hydroxylation sites is 1. The highest BCUT2D eigenvalue weighted by molar-refractivity contribution is 7.21. The Morgan fingerprint density at radius 3 is 2.38 bits per heavy atom. The van der Waals surface area contributed by atoms with E-state index in [1.807, 2.05) is 68.7 Å². The van der Waals surface area contributed by atoms with Crippen molar-refractivity contribution < 1.29 is 22.1 Å². The van der Waals surface area contributed by atoms with Crippen LogP contribution in [0.3, 0.4) is 0 Å². The van der Waals surface area contributed by atoms with Gasteiger partial charge in [-0.25, -0.2) is 9.69 Å². The number of nitrogens with one attached hydrogen (secondary N) is 1. The van der Waals surface area contributed by atoms with Crippen LogP contribution in [0.5, 0.6) is 0 Å². The van der Waals surface area contributed by atoms with Gasteiger partial charge in [-0.1, -0.05) is 48.0 Å². The van der Waals surface area contributed by atoms with Gasteiger partial charge in [0.05, 0.1) is 11.6 Å². The molecule has 1 amide bonds. The number of fused-ring (bicyclic) bond motifs is 1. The number of halogens is 2. The molecule has 6 heteroatoms. The molecular formula is C20H22Cl2N2OS. The second-order valence-corrected chi connectivity index (χ2v) is 7.75. The number of carbonyl (C=O) groups is 1. The first-order valence-electron chi connectivity index (χ1n) is 8.35. The normalized spacial score (nSPS) is 12.2. The van der Waals surface area contributed by atoms with Crippen LogP contribution in [0, 0.1) is 0 Å². The average molecular weight is 409 g/mol. The molecule has 0 fully saturated rings. The molecule has 0 spiro atoms. The highest BCUT2D eigenvalue weighted by Gasteiger charge is 2.28. The van der Waals surface area contributed by atoms with Crippen LogP contribution in [-0.4, -0.2) is 38.0 Å². The van der Waals surface area contributed by atoms with Crippen molar-refractivity contribution in [3.63, 3.8) is 0 Å². The van der Waals surface area contributed by atoms with Gasteiger partial charge in [0.2, 0.25) is 0 Å². The van der Waals surface area contributed by atoms with Crippen LogP contribution >= 0.6 is 22.9 Å². The molecule has 1 unspecified atom stereocenters. The second kappa shape index (κ2) is 9.49. The number of rotatable bonds is 6. The quantitative estimate of drug-likeness (QED) is 0.654. The molecule has 0 aliphatic rings. The summed E-state index contributed by atoms with van der Waals surface area (Å²) in [7, 11) is 4.10. The van der Waals surface area contributed by atoms with E-state index >= 15 is 0 Å². The van der Waals surface area contributed by atoms with Crippen LogP contribution in [-0.2, 0) is 0 Å². The second-order valence-electron chi connectivity index (χ2n) is 6.32. The fourth-order valence-corrected chi connectivity index (χ4v) is 4.38. The van der Waals surface area contributed by atoms with Gasteiger partial charge in [-0.2, -0.15) is 0 Å². The highest BCUT2D eigenvalue weighted by Crippen LogP contribution is 2.34. The first-order valence-corrected chi connectivity index (χ1v) is 9.55. The summed E-state index contributed by atoms with van der Waals surface area (Å²) in [6.07, 6.45) is 0.936. The number of benzene rings is 2. The first-order chi connectivity index (χ1) is 12.1. The zero-order valence-corrected chi connectivity index (χ0v) is 17.2. The summed E-state index contributed by atoms with van der Waals surface area (Å²) < 4.78 is 1.05. The molecule has 0 aliphatic carbocycles. The number of carbonyl (C=O) groups excluding carboxylic acids is 1. The largest absolute Gasteiger partial charge is 1.00 e. The van der Waals surface area contributed by atoms with Crippen LogP contribution < -0.4 is 17.3 Å². The van der Waals surface area contributed by atoms with Crippen LogP contribution in [0.2, 0.25) is 5.02 Å². The molecule has 3 nitrogen and oxygen atoms in total. The van der Waals surface area contributed by atoms with Crippen molar-refractivity contribution in [3.05, 3.63) is 64.5 Å². The van der Waals surface area contributed by atoms with Gasteiger partial charge in [0.25, 0.3) is 0 Å². The average Bonchev–Trinajstić information content (AvgIpc) is 2.96. The Morgan fingerprint density at radius 2 is 1.73 bits per heavy atom. The highest BCUT2D eigenvalue weighted by atomic mass is 35.5. The minimum Gasteiger partial charge on any atom is -1.00 e. The smallest absolute Gasteiger partial charge is 0.360 e. The number of thiophene rings is 1. The lowest BCUT2D eigenvalue weighted by Gasteiger charge is -2.17. The number of hydrogen-bond acceptors (Lipinski definition) is 3. The van der Waals surface area contributed by atoms with Crippen molar-refractivity contribution in [2.24, 2.45) is 0 Å². The molecule has 0 aliphatic heterocycles. The van der Waals surface area contributed by atoms with Gasteiger partial charge in [0.1, 0.15) is 5.69 Å². The molecule has 0 radical (unpaired) electrons. The van der Waals surface area contributed by atoms with Crippen molar-refractivity contribution in [2.45, 2.75) is 6.42 Å². The Hall–Kier alpha value is -1.43. The van der Waals surface area contributed by atoms with Gasteiger partial charge in [-0.3, -0.25) is 0 Å². The maximum Gasteiger partial charge on any atom is 0.360 e. The number of amides is 1. The van der Waals surface area contributed by atoms with Gasteiger partial charge >= 0.3 is 5.91 Å². The summed E-state index contributed by atoms with van der Waals surface area (Å²) in [6, 6.07) is 17.8. The van der Waals surface area contributed by atoms with E-state index in [4.69, 9.17) is 11.6 Å². The van der Waals surface area contributed by atoms with E-state index in [1.54, 1.807) is 0 Å². The summed E-state index contributed by atoms with van der Waals surface area (Å²) in [5, 5.41) is 1.53. The van der Waals surface area contributed by atoms with E-state index in [2.05, 4.69) is 4.90 Å². The van der Waals surface area contributed by atoms with E-state index in [1.165, 1.54) is 11.3 Å². The summed E-state index contributed by atoms with van der Waals surface area (Å²) in [4.78, 5) is 16.9. The summed E-state index contributed by atoms with van der Waals surface area (Å²) >= 11 is 8.02. The third kappa shape index (κ3) is 4.64. The predicted molar refractivity (Wildman–Crippen MR) is 106 cm³/mol. The van der Waals surface area contributed by atoms with Crippen molar-refractivity contribution in [3.8, 4) is 0 Å². The van der Waals surface area contributed by atoms with E-state index < -0.39 is 0 Å².